The zero-order valence-corrected chi connectivity index (χ0v) is 22.9. The lowest BCUT2D eigenvalue weighted by atomic mass is 9.95. The number of piperazine rings is 1. The van der Waals surface area contributed by atoms with Crippen molar-refractivity contribution in [3.63, 3.8) is 0 Å². The quantitative estimate of drug-likeness (QED) is 0.497. The summed E-state index contributed by atoms with van der Waals surface area (Å²) in [5.74, 6) is 0.912. The Labute approximate surface area is 227 Å². The number of hydrogen-bond acceptors (Lipinski definition) is 7. The van der Waals surface area contributed by atoms with E-state index in [1.54, 1.807) is 10.9 Å². The Bertz CT molecular complexity index is 1360. The van der Waals surface area contributed by atoms with Gasteiger partial charge in [0.25, 0.3) is 0 Å². The number of aliphatic hydroxyl groups is 1. The third kappa shape index (κ3) is 4.45. The fourth-order valence-corrected chi connectivity index (χ4v) is 6.63. The van der Waals surface area contributed by atoms with Crippen molar-refractivity contribution in [2.75, 3.05) is 49.6 Å². The van der Waals surface area contributed by atoms with Crippen LogP contribution in [0, 0.1) is 11.8 Å². The van der Waals surface area contributed by atoms with Gasteiger partial charge in [0.1, 0.15) is 5.82 Å². The Balaban J connectivity index is 1.16. The molecule has 0 radical (unpaired) electrons. The monoisotopic (exact) mass is 538 g/mol. The Morgan fingerprint density at radius 2 is 2.03 bits per heavy atom. The number of aryl methyl sites for hydroxylation is 1. The number of anilines is 2. The molecule has 2 aromatic heterocycles. The van der Waals surface area contributed by atoms with Crippen LogP contribution in [0.15, 0.2) is 36.7 Å². The van der Waals surface area contributed by atoms with Crippen molar-refractivity contribution in [1.82, 2.24) is 19.7 Å². The number of ether oxygens (including phenoxy) is 1. The smallest absolute Gasteiger partial charge is 0.229 e. The van der Waals surface area contributed by atoms with Crippen LogP contribution in [0.1, 0.15) is 31.9 Å². The molecular weight excluding hydrogens is 504 g/mol. The molecule has 202 valence electrons. The van der Waals surface area contributed by atoms with E-state index in [-0.39, 0.29) is 23.3 Å². The van der Waals surface area contributed by atoms with Crippen LogP contribution in [0.4, 0.5) is 11.5 Å². The van der Waals surface area contributed by atoms with Crippen LogP contribution in [-0.4, -0.2) is 81.7 Å². The molecule has 2 aliphatic heterocycles. The molecule has 3 aromatic rings. The molecule has 3 fully saturated rings. The lowest BCUT2D eigenvalue weighted by molar-refractivity contribution is -0.117. The van der Waals surface area contributed by atoms with Crippen molar-refractivity contribution in [1.29, 1.82) is 0 Å². The number of carbonyl (C=O) groups excluding carboxylic acids is 1. The number of benzene rings is 1. The maximum atomic E-state index is 13.2. The molecule has 1 saturated carbocycles. The van der Waals surface area contributed by atoms with E-state index < -0.39 is 6.10 Å². The number of fused-ring (bicyclic) bond motifs is 1. The summed E-state index contributed by atoms with van der Waals surface area (Å²) in [7, 11) is 1.90. The topological polar surface area (TPSA) is 95.8 Å². The summed E-state index contributed by atoms with van der Waals surface area (Å²) in [5, 5.41) is 20.6. The molecule has 38 heavy (non-hydrogen) atoms. The highest BCUT2D eigenvalue weighted by atomic mass is 35.5. The van der Waals surface area contributed by atoms with Crippen LogP contribution >= 0.6 is 11.6 Å². The predicted octanol–water partition coefficient (Wildman–Crippen LogP) is 3.27. The highest BCUT2D eigenvalue weighted by Gasteiger charge is 2.55. The van der Waals surface area contributed by atoms with Gasteiger partial charge in [0.05, 0.1) is 47.2 Å². The molecular formula is C28H35ClN6O3. The van der Waals surface area contributed by atoms with Crippen molar-refractivity contribution >= 4 is 39.8 Å². The minimum atomic E-state index is -0.470. The molecule has 1 amide bonds. The number of nitrogens with one attached hydrogen (secondary N) is 1. The maximum Gasteiger partial charge on any atom is 0.229 e. The second-order valence-corrected chi connectivity index (χ2v) is 11.5. The molecule has 6 rings (SSSR count). The largest absolute Gasteiger partial charge is 0.389 e. The van der Waals surface area contributed by atoms with E-state index in [0.717, 1.165) is 54.8 Å². The number of carbonyl (C=O) groups is 1. The van der Waals surface area contributed by atoms with Crippen molar-refractivity contribution in [3.8, 4) is 0 Å². The minimum absolute atomic E-state index is 0.00348. The number of amides is 1. The summed E-state index contributed by atoms with van der Waals surface area (Å²) in [5.41, 5.74) is 1.61. The standard InChI is InChI=1S/C28H35ClN6O3/c1-4-19-25(21-5-6-33(3)32-21)26(19)27(37)31-24-13-17-12-22(20(29)11-18(17)14-30-24)34-7-9-35(10-8-34)28(2)16-38-15-23(28)36/h5-6,11-14,19,23,25-26,36H,4,7-10,15-16H2,1-3H3,(H,30,31,37)/t19-,23-,25+,26-,28+/m1/s1. The van der Waals surface area contributed by atoms with Gasteiger partial charge in [-0.1, -0.05) is 24.9 Å². The van der Waals surface area contributed by atoms with E-state index in [1.165, 1.54) is 0 Å². The SMILES string of the molecule is CC[C@H]1[C@@H](C(=O)Nc2cc3cc(N4CCN([C@@]5(C)COC[C@H]5O)CC4)c(Cl)cc3cn2)[C@@H]1c1ccn(C)n1. The predicted molar refractivity (Wildman–Crippen MR) is 148 cm³/mol. The van der Waals surface area contributed by atoms with Crippen molar-refractivity contribution in [2.45, 2.75) is 37.8 Å². The third-order valence-electron chi connectivity index (χ3n) is 8.79. The summed E-state index contributed by atoms with van der Waals surface area (Å²) >= 11 is 6.71. The normalized spacial score (nSPS) is 29.7. The summed E-state index contributed by atoms with van der Waals surface area (Å²) in [6.45, 7) is 8.39. The molecule has 10 heteroatoms. The molecule has 0 unspecified atom stereocenters. The molecule has 2 N–H and O–H groups in total. The second-order valence-electron chi connectivity index (χ2n) is 11.1. The van der Waals surface area contributed by atoms with Crippen LogP contribution in [0.5, 0.6) is 0 Å². The van der Waals surface area contributed by atoms with Crippen molar-refractivity contribution < 1.29 is 14.6 Å². The molecule has 4 heterocycles. The van der Waals surface area contributed by atoms with Gasteiger partial charge < -0.3 is 20.1 Å². The van der Waals surface area contributed by atoms with Crippen LogP contribution in [0.25, 0.3) is 10.8 Å². The molecule has 1 aromatic carbocycles. The zero-order chi connectivity index (χ0) is 26.6. The first-order chi connectivity index (χ1) is 18.3. The summed E-state index contributed by atoms with van der Waals surface area (Å²) in [4.78, 5) is 22.3. The molecule has 9 nitrogen and oxygen atoms in total. The van der Waals surface area contributed by atoms with Crippen LogP contribution in [0.3, 0.4) is 0 Å². The van der Waals surface area contributed by atoms with Gasteiger partial charge in [-0.05, 0) is 42.5 Å². The number of halogens is 1. The van der Waals surface area contributed by atoms with Gasteiger partial charge in [0.2, 0.25) is 5.91 Å². The Morgan fingerprint density at radius 3 is 2.68 bits per heavy atom. The average molecular weight is 539 g/mol. The maximum absolute atomic E-state index is 13.2. The van der Waals surface area contributed by atoms with E-state index in [4.69, 9.17) is 16.3 Å². The van der Waals surface area contributed by atoms with Gasteiger partial charge in [-0.2, -0.15) is 5.10 Å². The molecule has 3 aliphatic rings. The van der Waals surface area contributed by atoms with Crippen LogP contribution < -0.4 is 10.2 Å². The first kappa shape index (κ1) is 25.6. The fourth-order valence-electron chi connectivity index (χ4n) is 6.34. The summed E-state index contributed by atoms with van der Waals surface area (Å²) < 4.78 is 7.32. The van der Waals surface area contributed by atoms with Gasteiger partial charge in [-0.3, -0.25) is 14.4 Å². The van der Waals surface area contributed by atoms with Crippen molar-refractivity contribution in [2.24, 2.45) is 18.9 Å². The fraction of sp³-hybridized carbons (Fsp3) is 0.536. The highest BCUT2D eigenvalue weighted by molar-refractivity contribution is 6.34. The third-order valence-corrected chi connectivity index (χ3v) is 9.09. The summed E-state index contributed by atoms with van der Waals surface area (Å²) in [6, 6.07) is 7.96. The molecule has 1 aliphatic carbocycles. The second kappa shape index (κ2) is 9.79. The Hall–Kier alpha value is -2.72. The van der Waals surface area contributed by atoms with Crippen molar-refractivity contribution in [3.05, 3.63) is 47.4 Å². The molecule has 0 bridgehead atoms. The van der Waals surface area contributed by atoms with Gasteiger partial charge in [-0.15, -0.1) is 0 Å². The minimum Gasteiger partial charge on any atom is -0.389 e. The summed E-state index contributed by atoms with van der Waals surface area (Å²) in [6.07, 6.45) is 4.16. The molecule has 5 atom stereocenters. The average Bonchev–Trinajstić information content (AvgIpc) is 3.33. The lowest BCUT2D eigenvalue weighted by Crippen LogP contribution is -2.60. The Morgan fingerprint density at radius 1 is 1.24 bits per heavy atom. The Kier molecular flexibility index (Phi) is 6.58. The zero-order valence-electron chi connectivity index (χ0n) is 22.1. The van der Waals surface area contributed by atoms with E-state index in [9.17, 15) is 9.90 Å². The van der Waals surface area contributed by atoms with Gasteiger partial charge in [0.15, 0.2) is 0 Å². The van der Waals surface area contributed by atoms with Gasteiger partial charge in [0, 0.05) is 56.9 Å². The molecule has 2 saturated heterocycles. The van der Waals surface area contributed by atoms with Crippen LogP contribution in [-0.2, 0) is 16.6 Å². The lowest BCUT2D eigenvalue weighted by Gasteiger charge is -2.45. The van der Waals surface area contributed by atoms with E-state index in [0.29, 0.717) is 30.0 Å². The van der Waals surface area contributed by atoms with Crippen LogP contribution in [0.2, 0.25) is 5.02 Å². The van der Waals surface area contributed by atoms with E-state index >= 15 is 0 Å². The number of aliphatic hydroxyl groups excluding tert-OH is 1. The van der Waals surface area contributed by atoms with Gasteiger partial charge in [-0.25, -0.2) is 4.98 Å². The number of rotatable bonds is 6. The first-order valence-electron chi connectivity index (χ1n) is 13.4. The first-order valence-corrected chi connectivity index (χ1v) is 13.8. The number of aromatic nitrogens is 3. The molecule has 0 spiro atoms. The number of hydrogen-bond donors (Lipinski definition) is 2. The number of pyridine rings is 1. The highest BCUT2D eigenvalue weighted by Crippen LogP contribution is 2.55. The number of nitrogens with zero attached hydrogens (tertiary/aromatic N) is 5. The van der Waals surface area contributed by atoms with E-state index in [1.807, 2.05) is 31.4 Å². The van der Waals surface area contributed by atoms with Gasteiger partial charge >= 0.3 is 0 Å². The van der Waals surface area contributed by atoms with E-state index in [2.05, 4.69) is 45.1 Å².